The Morgan fingerprint density at radius 1 is 1.15 bits per heavy atom. The summed E-state index contributed by atoms with van der Waals surface area (Å²) in [6, 6.07) is 12.2. The van der Waals surface area contributed by atoms with Crippen LogP contribution in [0, 0.1) is 6.92 Å². The number of hydrogen-bond donors (Lipinski definition) is 1. The van der Waals surface area contributed by atoms with E-state index < -0.39 is 6.04 Å². The van der Waals surface area contributed by atoms with Crippen molar-refractivity contribution < 1.29 is 9.21 Å². The number of benzene rings is 1. The number of fused-ring (bicyclic) bond motifs is 3. The molecule has 0 spiro atoms. The van der Waals surface area contributed by atoms with Crippen LogP contribution in [0.5, 0.6) is 0 Å². The van der Waals surface area contributed by atoms with Gasteiger partial charge in [-0.25, -0.2) is 4.68 Å². The number of carbonyl (C=O) groups excluding carboxylic acids is 1. The van der Waals surface area contributed by atoms with Crippen molar-refractivity contribution in [1.29, 1.82) is 0 Å². The first kappa shape index (κ1) is 17.1. The number of aromatic nitrogens is 3. The van der Waals surface area contributed by atoms with E-state index >= 15 is 0 Å². The van der Waals surface area contributed by atoms with Crippen molar-refractivity contribution in [3.8, 4) is 0 Å². The summed E-state index contributed by atoms with van der Waals surface area (Å²) in [5, 5.41) is 7.32. The summed E-state index contributed by atoms with van der Waals surface area (Å²) >= 11 is 0. The van der Waals surface area contributed by atoms with Gasteiger partial charge in [-0.15, -0.1) is 0 Å². The van der Waals surface area contributed by atoms with Gasteiger partial charge in [0.25, 0.3) is 5.56 Å². The normalized spacial score (nSPS) is 13.7. The van der Waals surface area contributed by atoms with Crippen molar-refractivity contribution in [2.75, 3.05) is 0 Å². The van der Waals surface area contributed by atoms with E-state index in [4.69, 9.17) is 4.42 Å². The Labute approximate surface area is 155 Å². The Kier molecular flexibility index (Phi) is 4.07. The molecule has 0 unspecified atom stereocenters. The fraction of sp³-hybridized carbons (Fsp3) is 0.250. The lowest BCUT2D eigenvalue weighted by Gasteiger charge is -2.19. The van der Waals surface area contributed by atoms with Crippen LogP contribution in [0.15, 0.2) is 57.9 Å². The zero-order valence-corrected chi connectivity index (χ0v) is 15.3. The van der Waals surface area contributed by atoms with E-state index in [0.29, 0.717) is 16.9 Å². The van der Waals surface area contributed by atoms with Gasteiger partial charge in [0.15, 0.2) is 5.58 Å². The largest absolute Gasteiger partial charge is 0.463 e. The van der Waals surface area contributed by atoms with Crippen LogP contribution in [0.4, 0.5) is 0 Å². The molecule has 0 aliphatic carbocycles. The molecule has 138 valence electrons. The Bertz CT molecular complexity index is 1190. The summed E-state index contributed by atoms with van der Waals surface area (Å²) in [6.07, 6.45) is 1.57. The molecule has 1 aromatic carbocycles. The van der Waals surface area contributed by atoms with Crippen LogP contribution in [0.25, 0.3) is 16.6 Å². The van der Waals surface area contributed by atoms with E-state index in [1.165, 1.54) is 4.68 Å². The van der Waals surface area contributed by atoms with Crippen LogP contribution in [0.2, 0.25) is 0 Å². The highest BCUT2D eigenvalue weighted by molar-refractivity contribution is 5.83. The molecule has 7 heteroatoms. The van der Waals surface area contributed by atoms with Crippen molar-refractivity contribution in [3.05, 3.63) is 70.5 Å². The fourth-order valence-corrected chi connectivity index (χ4v) is 3.33. The second-order valence-corrected chi connectivity index (χ2v) is 6.65. The van der Waals surface area contributed by atoms with Crippen molar-refractivity contribution >= 4 is 22.5 Å². The summed E-state index contributed by atoms with van der Waals surface area (Å²) in [6.45, 7) is 5.38. The van der Waals surface area contributed by atoms with Gasteiger partial charge >= 0.3 is 0 Å². The highest BCUT2D eigenvalue weighted by atomic mass is 16.3. The van der Waals surface area contributed by atoms with Gasteiger partial charge in [-0.05, 0) is 26.3 Å². The first-order valence-corrected chi connectivity index (χ1v) is 8.81. The number of nitrogens with zero attached hydrogens (tertiary/aromatic N) is 3. The number of furan rings is 1. The first-order chi connectivity index (χ1) is 13.0. The number of aryl methyl sites for hydroxylation is 1. The number of nitrogens with one attached hydrogen (secondary N) is 1. The van der Waals surface area contributed by atoms with Crippen LogP contribution < -0.4 is 10.9 Å². The Morgan fingerprint density at radius 3 is 2.63 bits per heavy atom. The molecule has 27 heavy (non-hydrogen) atoms. The van der Waals surface area contributed by atoms with Gasteiger partial charge in [-0.2, -0.15) is 5.10 Å². The maximum absolute atomic E-state index is 12.9. The lowest BCUT2D eigenvalue weighted by Crippen LogP contribution is -2.39. The number of rotatable bonds is 4. The number of hydrogen-bond acceptors (Lipinski definition) is 4. The average molecular weight is 364 g/mol. The topological polar surface area (TPSA) is 81.5 Å². The minimum absolute atomic E-state index is 0.169. The maximum Gasteiger partial charge on any atom is 0.291 e. The molecule has 2 atom stereocenters. The van der Waals surface area contributed by atoms with Gasteiger partial charge in [0.05, 0.1) is 17.8 Å². The molecular weight excluding hydrogens is 344 g/mol. The van der Waals surface area contributed by atoms with E-state index in [1.54, 1.807) is 36.6 Å². The Morgan fingerprint density at radius 2 is 1.89 bits per heavy atom. The van der Waals surface area contributed by atoms with E-state index in [2.05, 4.69) is 10.4 Å². The Balaban J connectivity index is 1.68. The predicted molar refractivity (Wildman–Crippen MR) is 102 cm³/mol. The molecule has 0 aliphatic rings. The van der Waals surface area contributed by atoms with E-state index in [0.717, 1.165) is 11.1 Å². The lowest BCUT2D eigenvalue weighted by atomic mass is 10.1. The molecule has 0 aliphatic heterocycles. The van der Waals surface area contributed by atoms with Crippen molar-refractivity contribution in [3.63, 3.8) is 0 Å². The second-order valence-electron chi connectivity index (χ2n) is 6.65. The van der Waals surface area contributed by atoms with Gasteiger partial charge in [-0.1, -0.05) is 30.3 Å². The highest BCUT2D eigenvalue weighted by Crippen LogP contribution is 2.20. The SMILES string of the molecule is Cc1nn([C@H](C)C(=O)N[C@H](C)c2ccccc2)c(=O)c2cc3occc3n12. The standard InChI is InChI=1S/C20H20N4O3/c1-12(15-7-5-4-6-8-15)21-19(25)13(2)24-20(26)17-11-18-16(9-10-27-18)23(17)14(3)22-24/h4-13H,1-3H3,(H,21,25)/t12-,13-/m1/s1. The molecule has 3 aromatic heterocycles. The van der Waals surface area contributed by atoms with E-state index in [1.807, 2.05) is 37.3 Å². The van der Waals surface area contributed by atoms with Crippen molar-refractivity contribution in [1.82, 2.24) is 19.5 Å². The van der Waals surface area contributed by atoms with Crippen molar-refractivity contribution in [2.45, 2.75) is 32.9 Å². The van der Waals surface area contributed by atoms with Crippen LogP contribution in [-0.2, 0) is 4.79 Å². The molecule has 7 nitrogen and oxygen atoms in total. The van der Waals surface area contributed by atoms with E-state index in [-0.39, 0.29) is 17.5 Å². The molecule has 0 saturated carbocycles. The summed E-state index contributed by atoms with van der Waals surface area (Å²) in [7, 11) is 0. The highest BCUT2D eigenvalue weighted by Gasteiger charge is 2.22. The molecule has 0 bridgehead atoms. The fourth-order valence-electron chi connectivity index (χ4n) is 3.33. The third-order valence-corrected chi connectivity index (χ3v) is 4.83. The maximum atomic E-state index is 12.9. The van der Waals surface area contributed by atoms with Crippen LogP contribution >= 0.6 is 0 Å². The second kappa shape index (κ2) is 6.42. The van der Waals surface area contributed by atoms with Crippen LogP contribution in [0.3, 0.4) is 0 Å². The summed E-state index contributed by atoms with van der Waals surface area (Å²) < 4.78 is 8.36. The first-order valence-electron chi connectivity index (χ1n) is 8.81. The molecular formula is C20H20N4O3. The third-order valence-electron chi connectivity index (χ3n) is 4.83. The Hall–Kier alpha value is -3.35. The minimum Gasteiger partial charge on any atom is -0.463 e. The van der Waals surface area contributed by atoms with Gasteiger partial charge in [0, 0.05) is 12.1 Å². The summed E-state index contributed by atoms with van der Waals surface area (Å²) in [5.41, 5.74) is 2.50. The molecule has 1 amide bonds. The molecule has 4 rings (SSSR count). The van der Waals surface area contributed by atoms with Crippen molar-refractivity contribution in [2.24, 2.45) is 0 Å². The average Bonchev–Trinajstić information content (AvgIpc) is 3.26. The molecule has 0 saturated heterocycles. The predicted octanol–water partition coefficient (Wildman–Crippen LogP) is 2.99. The lowest BCUT2D eigenvalue weighted by molar-refractivity contribution is -0.124. The van der Waals surface area contributed by atoms with Crippen LogP contribution in [0.1, 0.15) is 37.3 Å². The summed E-state index contributed by atoms with van der Waals surface area (Å²) in [5.74, 6) is 0.344. The monoisotopic (exact) mass is 364 g/mol. The zero-order valence-electron chi connectivity index (χ0n) is 15.3. The van der Waals surface area contributed by atoms with Gasteiger partial charge in [0.1, 0.15) is 17.4 Å². The minimum atomic E-state index is -0.742. The van der Waals surface area contributed by atoms with Gasteiger partial charge < -0.3 is 9.73 Å². The summed E-state index contributed by atoms with van der Waals surface area (Å²) in [4.78, 5) is 25.6. The van der Waals surface area contributed by atoms with E-state index in [9.17, 15) is 9.59 Å². The van der Waals surface area contributed by atoms with Crippen LogP contribution in [-0.4, -0.2) is 20.1 Å². The molecule has 3 heterocycles. The molecule has 1 N–H and O–H groups in total. The molecule has 0 fully saturated rings. The zero-order chi connectivity index (χ0) is 19.1. The quantitative estimate of drug-likeness (QED) is 0.604. The van der Waals surface area contributed by atoms with Gasteiger partial charge in [0.2, 0.25) is 5.91 Å². The number of amides is 1. The molecule has 4 aromatic rings. The number of carbonyl (C=O) groups is 1. The van der Waals surface area contributed by atoms with Gasteiger partial charge in [-0.3, -0.25) is 14.0 Å². The molecule has 0 radical (unpaired) electrons. The third kappa shape index (κ3) is 2.81. The smallest absolute Gasteiger partial charge is 0.291 e.